The topological polar surface area (TPSA) is 43.4 Å². The van der Waals surface area contributed by atoms with Gasteiger partial charge in [-0.1, -0.05) is 13.8 Å². The number of esters is 2. The fourth-order valence-electron chi connectivity index (χ4n) is 3.67. The standard InChI is InChI=1S/C11H10F2O3/c1-10-3-11(2,7(13)6(10)12)5-4(10)8(14)16-9(5)15/h4-5H,3H2,1-2H3. The summed E-state index contributed by atoms with van der Waals surface area (Å²) in [5, 5.41) is 0. The SMILES string of the molecule is CC12CC(C)(C(F)=C1F)C1C(=O)OC(=O)C12. The van der Waals surface area contributed by atoms with E-state index in [9.17, 15) is 18.4 Å². The summed E-state index contributed by atoms with van der Waals surface area (Å²) in [7, 11) is 0. The average Bonchev–Trinajstić information content (AvgIpc) is 2.68. The van der Waals surface area contributed by atoms with Crippen LogP contribution in [0.15, 0.2) is 11.7 Å². The van der Waals surface area contributed by atoms with Crippen LogP contribution in [0, 0.1) is 22.7 Å². The Balaban J connectivity index is 2.25. The number of allylic oxidation sites excluding steroid dienone is 2. The minimum atomic E-state index is -1.20. The molecular formula is C11H10F2O3. The van der Waals surface area contributed by atoms with Crippen molar-refractivity contribution in [1.29, 1.82) is 0 Å². The van der Waals surface area contributed by atoms with Crippen molar-refractivity contribution in [2.45, 2.75) is 20.3 Å². The van der Waals surface area contributed by atoms with Gasteiger partial charge in [0.2, 0.25) is 0 Å². The third-order valence-corrected chi connectivity index (χ3v) is 4.35. The molecule has 86 valence electrons. The van der Waals surface area contributed by atoms with E-state index in [0.717, 1.165) is 0 Å². The number of cyclic esters (lactones) is 2. The molecule has 0 radical (unpaired) electrons. The van der Waals surface area contributed by atoms with E-state index in [2.05, 4.69) is 4.74 Å². The summed E-state index contributed by atoms with van der Waals surface area (Å²) in [6.45, 7) is 2.97. The first-order valence-corrected chi connectivity index (χ1v) is 5.14. The van der Waals surface area contributed by atoms with Gasteiger partial charge in [0.05, 0.1) is 11.8 Å². The Morgan fingerprint density at radius 1 is 1.06 bits per heavy atom. The Morgan fingerprint density at radius 2 is 1.44 bits per heavy atom. The summed E-state index contributed by atoms with van der Waals surface area (Å²) in [6, 6.07) is 0. The van der Waals surface area contributed by atoms with E-state index in [1.165, 1.54) is 13.8 Å². The van der Waals surface area contributed by atoms with Gasteiger partial charge in [0.1, 0.15) is 11.7 Å². The second kappa shape index (κ2) is 2.36. The van der Waals surface area contributed by atoms with Gasteiger partial charge >= 0.3 is 11.9 Å². The number of rotatable bonds is 0. The lowest BCUT2D eigenvalue weighted by atomic mass is 9.72. The molecule has 1 saturated heterocycles. The zero-order valence-corrected chi connectivity index (χ0v) is 8.84. The van der Waals surface area contributed by atoms with Crippen LogP contribution in [-0.2, 0) is 14.3 Å². The molecule has 0 aromatic carbocycles. The van der Waals surface area contributed by atoms with E-state index in [-0.39, 0.29) is 6.42 Å². The number of ether oxygens (including phenoxy) is 1. The van der Waals surface area contributed by atoms with Crippen molar-refractivity contribution in [2.24, 2.45) is 22.7 Å². The van der Waals surface area contributed by atoms with Gasteiger partial charge in [0, 0.05) is 10.8 Å². The molecule has 3 aliphatic rings. The third-order valence-electron chi connectivity index (χ3n) is 4.35. The normalized spacial score (nSPS) is 50.0. The summed E-state index contributed by atoms with van der Waals surface area (Å²) >= 11 is 0. The lowest BCUT2D eigenvalue weighted by Crippen LogP contribution is -2.34. The van der Waals surface area contributed by atoms with Crippen molar-refractivity contribution in [2.75, 3.05) is 0 Å². The Kier molecular flexibility index (Phi) is 1.46. The van der Waals surface area contributed by atoms with E-state index in [1.807, 2.05) is 0 Å². The third kappa shape index (κ3) is 0.739. The van der Waals surface area contributed by atoms with Gasteiger partial charge in [0.15, 0.2) is 0 Å². The molecule has 3 rings (SSSR count). The number of hydrogen-bond acceptors (Lipinski definition) is 3. The first kappa shape index (κ1) is 9.93. The molecule has 16 heavy (non-hydrogen) atoms. The Labute approximate surface area is 90.4 Å². The summed E-state index contributed by atoms with van der Waals surface area (Å²) in [6.07, 6.45) is 0.161. The number of carbonyl (C=O) groups excluding carboxylic acids is 2. The van der Waals surface area contributed by atoms with Gasteiger partial charge in [-0.15, -0.1) is 0 Å². The van der Waals surface area contributed by atoms with E-state index >= 15 is 0 Å². The highest BCUT2D eigenvalue weighted by molar-refractivity contribution is 5.99. The molecule has 2 fully saturated rings. The Hall–Kier alpha value is -1.26. The van der Waals surface area contributed by atoms with Crippen LogP contribution in [0.3, 0.4) is 0 Å². The summed E-state index contributed by atoms with van der Waals surface area (Å²) in [5.41, 5.74) is -2.40. The summed E-state index contributed by atoms with van der Waals surface area (Å²) in [4.78, 5) is 23.0. The molecule has 2 bridgehead atoms. The van der Waals surface area contributed by atoms with Crippen molar-refractivity contribution >= 4 is 11.9 Å². The van der Waals surface area contributed by atoms with Crippen LogP contribution in [0.4, 0.5) is 8.78 Å². The smallest absolute Gasteiger partial charge is 0.318 e. The van der Waals surface area contributed by atoms with Gasteiger partial charge in [-0.25, -0.2) is 8.78 Å². The van der Waals surface area contributed by atoms with Crippen molar-refractivity contribution < 1.29 is 23.1 Å². The number of carbonyl (C=O) groups is 2. The first-order valence-electron chi connectivity index (χ1n) is 5.14. The molecule has 0 amide bonds. The number of fused-ring (bicyclic) bond motifs is 5. The van der Waals surface area contributed by atoms with Crippen molar-refractivity contribution in [3.05, 3.63) is 11.7 Å². The maximum atomic E-state index is 13.8. The zero-order chi connectivity index (χ0) is 11.9. The molecule has 0 aromatic rings. The minimum Gasteiger partial charge on any atom is -0.393 e. The quantitative estimate of drug-likeness (QED) is 0.469. The lowest BCUT2D eigenvalue weighted by molar-refractivity contribution is -0.155. The van der Waals surface area contributed by atoms with Gasteiger partial charge in [-0.2, -0.15) is 0 Å². The molecule has 4 unspecified atom stereocenters. The van der Waals surface area contributed by atoms with E-state index in [4.69, 9.17) is 0 Å². The van der Waals surface area contributed by atoms with Crippen molar-refractivity contribution in [3.63, 3.8) is 0 Å². The highest BCUT2D eigenvalue weighted by Gasteiger charge is 2.74. The molecule has 3 nitrogen and oxygen atoms in total. The minimum absolute atomic E-state index is 0.161. The van der Waals surface area contributed by atoms with Crippen LogP contribution in [-0.4, -0.2) is 11.9 Å². The summed E-state index contributed by atoms with van der Waals surface area (Å²) in [5.74, 6) is -4.92. The van der Waals surface area contributed by atoms with Gasteiger partial charge < -0.3 is 4.74 Å². The van der Waals surface area contributed by atoms with Crippen LogP contribution < -0.4 is 0 Å². The highest BCUT2D eigenvalue weighted by Crippen LogP contribution is 2.71. The zero-order valence-electron chi connectivity index (χ0n) is 8.84. The second-order valence-corrected chi connectivity index (χ2v) is 5.34. The first-order chi connectivity index (χ1) is 7.32. The summed E-state index contributed by atoms with van der Waals surface area (Å²) < 4.78 is 32.0. The second-order valence-electron chi connectivity index (χ2n) is 5.34. The fourth-order valence-corrected chi connectivity index (χ4v) is 3.67. The van der Waals surface area contributed by atoms with Crippen molar-refractivity contribution in [3.8, 4) is 0 Å². The predicted molar refractivity (Wildman–Crippen MR) is 48.2 cm³/mol. The molecule has 1 aliphatic heterocycles. The monoisotopic (exact) mass is 228 g/mol. The van der Waals surface area contributed by atoms with Crippen LogP contribution in [0.2, 0.25) is 0 Å². The lowest BCUT2D eigenvalue weighted by Gasteiger charge is -2.28. The largest absolute Gasteiger partial charge is 0.393 e. The molecule has 0 N–H and O–H groups in total. The molecule has 0 spiro atoms. The van der Waals surface area contributed by atoms with Crippen LogP contribution >= 0.6 is 0 Å². The van der Waals surface area contributed by atoms with Crippen molar-refractivity contribution in [1.82, 2.24) is 0 Å². The van der Waals surface area contributed by atoms with Crippen LogP contribution in [0.5, 0.6) is 0 Å². The maximum absolute atomic E-state index is 13.8. The predicted octanol–water partition coefficient (Wildman–Crippen LogP) is 1.88. The Bertz CT molecular complexity index is 430. The molecule has 0 aromatic heterocycles. The number of halogens is 2. The molecule has 1 heterocycles. The van der Waals surface area contributed by atoms with Gasteiger partial charge in [-0.3, -0.25) is 9.59 Å². The highest BCUT2D eigenvalue weighted by atomic mass is 19.2. The van der Waals surface area contributed by atoms with Crippen LogP contribution in [0.25, 0.3) is 0 Å². The van der Waals surface area contributed by atoms with Gasteiger partial charge in [-0.05, 0) is 6.42 Å². The molecular weight excluding hydrogens is 218 g/mol. The average molecular weight is 228 g/mol. The molecule has 5 heteroatoms. The van der Waals surface area contributed by atoms with E-state index in [1.54, 1.807) is 0 Å². The maximum Gasteiger partial charge on any atom is 0.318 e. The Morgan fingerprint density at radius 3 is 1.81 bits per heavy atom. The van der Waals surface area contributed by atoms with Gasteiger partial charge in [0.25, 0.3) is 0 Å². The fraction of sp³-hybridized carbons (Fsp3) is 0.636. The molecule has 2 aliphatic carbocycles. The molecule has 1 saturated carbocycles. The van der Waals surface area contributed by atoms with Crippen LogP contribution in [0.1, 0.15) is 20.3 Å². The molecule has 4 atom stereocenters. The van der Waals surface area contributed by atoms with E-state index in [0.29, 0.717) is 0 Å². The number of hydrogen-bond donors (Lipinski definition) is 0. The van der Waals surface area contributed by atoms with E-state index < -0.39 is 46.3 Å².